The Bertz CT molecular complexity index is 8550. The third-order valence-corrected chi connectivity index (χ3v) is 27.9. The smallest absolute Gasteiger partial charge is 0.135 e. The normalized spacial score (nSPS) is 12.7. The highest BCUT2D eigenvalue weighted by Gasteiger charge is 2.36. The summed E-state index contributed by atoms with van der Waals surface area (Å²) in [7, 11) is 0. The fraction of sp³-hybridized carbons (Fsp3) is 0.0270. The van der Waals surface area contributed by atoms with Gasteiger partial charge in [0.1, 0.15) is 11.2 Å². The maximum Gasteiger partial charge on any atom is 0.135 e. The molecule has 0 bridgehead atoms. The van der Waals surface area contributed by atoms with Gasteiger partial charge in [0, 0.05) is 145 Å². The molecule has 0 saturated heterocycles. The fourth-order valence-electron chi connectivity index (χ4n) is 20.3. The SMILES string of the molecule is CC1(C)c2ccccc2-c2ccc(-c3cc(-n4c5ccccc5c5c(-c6cccc7c8ccccc8n(-c8ccccc8)c67)cccc54)cc4c3sc3ccccc34)cc21.c1ccc(-n2c3ccccc3c3cccc(-c4cccc5c4c4ccccc4n5-c4cc(-c5ccc6oc7ccccc7c6c5)c5sc6ccccc6c5c4)c32)cc1. The molecule has 0 amide bonds. The van der Waals surface area contributed by atoms with E-state index in [1.54, 1.807) is 0 Å². The van der Waals surface area contributed by atoms with Crippen LogP contribution in [-0.2, 0) is 5.41 Å². The highest BCUT2D eigenvalue weighted by molar-refractivity contribution is 7.26. The summed E-state index contributed by atoms with van der Waals surface area (Å²) >= 11 is 3.78. The van der Waals surface area contributed by atoms with Gasteiger partial charge in [0.05, 0.1) is 44.1 Å². The van der Waals surface area contributed by atoms with Crippen LogP contribution in [0.15, 0.2) is 393 Å². The van der Waals surface area contributed by atoms with E-state index < -0.39 is 0 Å². The first kappa shape index (κ1) is 66.8. The van der Waals surface area contributed by atoms with Crippen LogP contribution in [-0.4, -0.2) is 18.3 Å². The highest BCUT2D eigenvalue weighted by Crippen LogP contribution is 2.54. The molecule has 1 aliphatic rings. The van der Waals surface area contributed by atoms with E-state index >= 15 is 0 Å². The molecule has 7 heterocycles. The number of hydrogen-bond acceptors (Lipinski definition) is 3. The van der Waals surface area contributed by atoms with Crippen molar-refractivity contribution >= 4 is 172 Å². The largest absolute Gasteiger partial charge is 0.456 e. The number of rotatable bonds is 8. The lowest BCUT2D eigenvalue weighted by atomic mass is 9.81. The van der Waals surface area contributed by atoms with E-state index in [1.165, 1.54) is 200 Å². The summed E-state index contributed by atoms with van der Waals surface area (Å²) in [6.07, 6.45) is 0. The molecule has 0 spiro atoms. The number of nitrogens with zero attached hydrogens (tertiary/aromatic N) is 4. The van der Waals surface area contributed by atoms with Crippen molar-refractivity contribution in [3.05, 3.63) is 399 Å². The topological polar surface area (TPSA) is 32.9 Å². The highest BCUT2D eigenvalue weighted by atomic mass is 32.1. The summed E-state index contributed by atoms with van der Waals surface area (Å²) in [5, 5.41) is 17.4. The number of para-hydroxylation sites is 9. The standard InChI is InChI=1S/C57H38N2S.C54H32N2OS/c1-57(2)48-25-10-6-18-38(48)39-31-30-35(32-49(39)57)46-33-37(34-47-41-20-9-13-29-53(41)60-56(46)47)58-51-27-12-8-21-45(51)54-42(22-15-28-52(54)58)44-24-14-23-43-40-19-7-11-26-50(40)59(55(43)44)36-16-4-3-5-17-36;1-2-14-34(15-3-1)56-46-23-8-4-16-36(46)40-21-12-22-41(53(40)56)39-20-13-25-48-52(39)42-19-5-9-24-47(42)55(48)35-31-43(54-45(32-35)38-18-7-11-27-51(38)58-54)33-28-29-50-44(30-33)37-17-6-10-26-49(37)57-50/h3-34H,1-2H3;1-32H. The zero-order chi connectivity index (χ0) is 77.6. The molecule has 25 aromatic rings. The van der Waals surface area contributed by atoms with Crippen LogP contribution >= 0.6 is 22.7 Å². The van der Waals surface area contributed by atoms with Gasteiger partial charge in [0.25, 0.3) is 0 Å². The molecule has 552 valence electrons. The minimum atomic E-state index is -0.0862. The summed E-state index contributed by atoms with van der Waals surface area (Å²) in [5.41, 5.74) is 31.3. The van der Waals surface area contributed by atoms with Crippen molar-refractivity contribution in [2.45, 2.75) is 19.3 Å². The van der Waals surface area contributed by atoms with E-state index in [-0.39, 0.29) is 5.41 Å². The van der Waals surface area contributed by atoms with Gasteiger partial charge in [-0.05, 0) is 166 Å². The molecule has 26 rings (SSSR count). The molecule has 0 radical (unpaired) electrons. The van der Waals surface area contributed by atoms with Gasteiger partial charge in [-0.1, -0.05) is 281 Å². The van der Waals surface area contributed by atoms with Crippen LogP contribution in [0.3, 0.4) is 0 Å². The molecular weight excluding hydrogens is 1470 g/mol. The molecule has 118 heavy (non-hydrogen) atoms. The van der Waals surface area contributed by atoms with Gasteiger partial charge in [-0.25, -0.2) is 0 Å². The maximum atomic E-state index is 6.28. The number of furan rings is 1. The number of benzene rings is 18. The van der Waals surface area contributed by atoms with Gasteiger partial charge in [0.2, 0.25) is 0 Å². The van der Waals surface area contributed by atoms with E-state index in [0.29, 0.717) is 0 Å². The van der Waals surface area contributed by atoms with E-state index in [0.717, 1.165) is 39.0 Å². The Balaban J connectivity index is 0.000000132. The Morgan fingerprint density at radius 3 is 1.14 bits per heavy atom. The number of thiophene rings is 2. The lowest BCUT2D eigenvalue weighted by Gasteiger charge is -2.22. The second-order valence-corrected chi connectivity index (χ2v) is 34.2. The predicted molar refractivity (Wildman–Crippen MR) is 503 cm³/mol. The summed E-state index contributed by atoms with van der Waals surface area (Å²) in [5.74, 6) is 0. The van der Waals surface area contributed by atoms with Crippen molar-refractivity contribution in [1.82, 2.24) is 18.3 Å². The van der Waals surface area contributed by atoms with Crippen LogP contribution < -0.4 is 0 Å². The lowest BCUT2D eigenvalue weighted by Crippen LogP contribution is -2.14. The third-order valence-electron chi connectivity index (χ3n) is 25.4. The van der Waals surface area contributed by atoms with Crippen LogP contribution in [0.5, 0.6) is 0 Å². The quantitative estimate of drug-likeness (QED) is 0.149. The first-order valence-corrected chi connectivity index (χ1v) is 42.2. The molecule has 0 atom stereocenters. The zero-order valence-electron chi connectivity index (χ0n) is 64.5. The average molecular weight is 1540 g/mol. The van der Waals surface area contributed by atoms with Crippen LogP contribution in [0.2, 0.25) is 0 Å². The molecule has 0 fully saturated rings. The molecule has 1 aliphatic carbocycles. The molecule has 0 saturated carbocycles. The first-order chi connectivity index (χ1) is 58.3. The lowest BCUT2D eigenvalue weighted by molar-refractivity contribution is 0.660. The molecule has 18 aromatic carbocycles. The van der Waals surface area contributed by atoms with E-state index in [9.17, 15) is 0 Å². The number of fused-ring (bicyclic) bond motifs is 24. The Morgan fingerprint density at radius 2 is 0.602 bits per heavy atom. The van der Waals surface area contributed by atoms with E-state index in [1.807, 2.05) is 28.7 Å². The summed E-state index contributed by atoms with van der Waals surface area (Å²) < 4.78 is 21.4. The van der Waals surface area contributed by atoms with Crippen LogP contribution in [0.1, 0.15) is 25.0 Å². The second-order valence-electron chi connectivity index (χ2n) is 32.1. The van der Waals surface area contributed by atoms with Crippen molar-refractivity contribution in [2.75, 3.05) is 0 Å². The van der Waals surface area contributed by atoms with Gasteiger partial charge in [-0.15, -0.1) is 22.7 Å². The van der Waals surface area contributed by atoms with Gasteiger partial charge in [-0.3, -0.25) is 0 Å². The monoisotopic (exact) mass is 1540 g/mol. The van der Waals surface area contributed by atoms with E-state index in [4.69, 9.17) is 4.42 Å². The van der Waals surface area contributed by atoms with Crippen LogP contribution in [0, 0.1) is 0 Å². The minimum Gasteiger partial charge on any atom is -0.456 e. The number of hydrogen-bond donors (Lipinski definition) is 0. The Labute approximate surface area is 686 Å². The molecule has 7 heteroatoms. The zero-order valence-corrected chi connectivity index (χ0v) is 66.1. The Morgan fingerprint density at radius 1 is 0.220 bits per heavy atom. The first-order valence-electron chi connectivity index (χ1n) is 40.6. The van der Waals surface area contributed by atoms with Gasteiger partial charge in [0.15, 0.2) is 0 Å². The Kier molecular flexibility index (Phi) is 14.5. The van der Waals surface area contributed by atoms with Gasteiger partial charge >= 0.3 is 0 Å². The summed E-state index contributed by atoms with van der Waals surface area (Å²) in [6.45, 7) is 4.75. The molecule has 5 nitrogen and oxygen atoms in total. The van der Waals surface area contributed by atoms with Crippen molar-refractivity contribution in [3.8, 4) is 78.4 Å². The number of aromatic nitrogens is 4. The summed E-state index contributed by atoms with van der Waals surface area (Å²) in [6, 6.07) is 143. The molecular formula is C111H70N4OS2. The van der Waals surface area contributed by atoms with Crippen molar-refractivity contribution in [1.29, 1.82) is 0 Å². The molecule has 0 aliphatic heterocycles. The molecule has 7 aromatic heterocycles. The molecule has 0 unspecified atom stereocenters. The molecule has 0 N–H and O–H groups in total. The van der Waals surface area contributed by atoms with Gasteiger partial charge < -0.3 is 22.7 Å². The van der Waals surface area contributed by atoms with Crippen LogP contribution in [0.4, 0.5) is 0 Å². The fourth-order valence-corrected chi connectivity index (χ4v) is 22.7. The van der Waals surface area contributed by atoms with Gasteiger partial charge in [-0.2, -0.15) is 0 Å². The van der Waals surface area contributed by atoms with E-state index in [2.05, 4.69) is 414 Å². The Hall–Kier alpha value is -14.6. The third kappa shape index (κ3) is 9.77. The van der Waals surface area contributed by atoms with Crippen LogP contribution in [0.25, 0.3) is 228 Å². The van der Waals surface area contributed by atoms with Crippen molar-refractivity contribution in [2.24, 2.45) is 0 Å². The minimum absolute atomic E-state index is 0.0862. The van der Waals surface area contributed by atoms with Crippen molar-refractivity contribution in [3.63, 3.8) is 0 Å². The second kappa shape index (κ2) is 25.7. The van der Waals surface area contributed by atoms with Crippen molar-refractivity contribution < 1.29 is 4.42 Å². The predicted octanol–water partition coefficient (Wildman–Crippen LogP) is 31.4. The summed E-state index contributed by atoms with van der Waals surface area (Å²) in [4.78, 5) is 0. The maximum absolute atomic E-state index is 6.28. The average Bonchev–Trinajstić information content (AvgIpc) is 1.56.